The second kappa shape index (κ2) is 8.47. The molecule has 2 heterocycles. The van der Waals surface area contributed by atoms with Gasteiger partial charge in [-0.3, -0.25) is 9.98 Å². The average molecular weight is 416 g/mol. The van der Waals surface area contributed by atoms with Gasteiger partial charge in [0.1, 0.15) is 5.83 Å². The minimum atomic E-state index is -0.432. The molecule has 2 atom stereocenters. The molecule has 0 saturated carbocycles. The molecule has 120 valence electrons. The highest BCUT2D eigenvalue weighted by Crippen LogP contribution is 2.25. The molecule has 0 amide bonds. The highest BCUT2D eigenvalue weighted by atomic mass is 127. The predicted molar refractivity (Wildman–Crippen MR) is 102 cm³/mol. The van der Waals surface area contributed by atoms with Gasteiger partial charge in [0.2, 0.25) is 0 Å². The monoisotopic (exact) mass is 416 g/mol. The molecule has 0 spiro atoms. The fraction of sp³-hybridized carbons (Fsp3) is 0.438. The molecule has 0 aromatic rings. The summed E-state index contributed by atoms with van der Waals surface area (Å²) in [6.45, 7) is 3.11. The maximum atomic E-state index is 14.0. The highest BCUT2D eigenvalue weighted by Gasteiger charge is 2.28. The third kappa shape index (κ3) is 4.19. The van der Waals surface area contributed by atoms with Crippen molar-refractivity contribution in [1.29, 1.82) is 0 Å². The molecule has 0 radical (unpaired) electrons. The van der Waals surface area contributed by atoms with Gasteiger partial charge >= 0.3 is 0 Å². The second-order valence-corrected chi connectivity index (χ2v) is 7.19. The summed E-state index contributed by atoms with van der Waals surface area (Å²) >= 11 is -0.432. The van der Waals surface area contributed by atoms with Gasteiger partial charge in [-0.1, -0.05) is 38.2 Å². The molecule has 0 unspecified atom stereocenters. The van der Waals surface area contributed by atoms with E-state index in [-0.39, 0.29) is 17.8 Å². The molecule has 2 aliphatic rings. The number of nitrogens with zero attached hydrogens (tertiary/aromatic N) is 2. The maximum absolute atomic E-state index is 14.0. The van der Waals surface area contributed by atoms with E-state index in [9.17, 15) is 4.39 Å². The van der Waals surface area contributed by atoms with Crippen LogP contribution in [0.4, 0.5) is 4.39 Å². The van der Waals surface area contributed by atoms with Crippen LogP contribution in [0, 0.1) is 5.92 Å². The summed E-state index contributed by atoms with van der Waals surface area (Å²) in [5.74, 6) is 0.0136. The molecule has 2 aliphatic heterocycles. The summed E-state index contributed by atoms with van der Waals surface area (Å²) < 4.78 is 18.7. The van der Waals surface area contributed by atoms with Gasteiger partial charge in [0, 0.05) is 34.2 Å². The second-order valence-electron chi connectivity index (χ2n) is 5.12. The van der Waals surface area contributed by atoms with Crippen LogP contribution in [0.2, 0.25) is 0 Å². The fourth-order valence-electron chi connectivity index (χ4n) is 2.45. The lowest BCUT2D eigenvalue weighted by atomic mass is 9.92. The van der Waals surface area contributed by atoms with E-state index in [0.717, 1.165) is 21.4 Å². The number of nitrogens with two attached hydrogens (primary N) is 1. The van der Waals surface area contributed by atoms with Crippen LogP contribution in [0.3, 0.4) is 0 Å². The van der Waals surface area contributed by atoms with Gasteiger partial charge in [-0.05, 0) is 18.9 Å². The van der Waals surface area contributed by atoms with E-state index in [1.807, 2.05) is 25.4 Å². The number of aliphatic imine (C=N–C) groups is 2. The van der Waals surface area contributed by atoms with E-state index in [1.165, 1.54) is 0 Å². The fourth-order valence-corrected chi connectivity index (χ4v) is 3.53. The minimum absolute atomic E-state index is 0.0207. The molecule has 6 heteroatoms. The predicted octanol–water partition coefficient (Wildman–Crippen LogP) is 2.84. The summed E-state index contributed by atoms with van der Waals surface area (Å²) in [6, 6.07) is 0.0207. The first-order chi connectivity index (χ1) is 10.7. The Morgan fingerprint density at radius 1 is 1.64 bits per heavy atom. The number of halogens is 2. The van der Waals surface area contributed by atoms with Crippen molar-refractivity contribution in [3.05, 3.63) is 33.5 Å². The Labute approximate surface area is 140 Å². The normalized spacial score (nSPS) is 25.2. The van der Waals surface area contributed by atoms with Gasteiger partial charge in [0.25, 0.3) is 0 Å². The standard InChI is InChI=1S/C16H22FIN4/c1-3-14(18-2)13(17)6-4-5-11-8-20-10-15-16(11)22-12(7-19)9-21-15/h4,6,8,10-11,16,21H,2-3,5,7,9,19H2,1H3/b6-4-,14-13-/t11-,16-/m1/s1. The van der Waals surface area contributed by atoms with E-state index < -0.39 is 20.7 Å². The van der Waals surface area contributed by atoms with Crippen LogP contribution in [0.5, 0.6) is 0 Å². The van der Waals surface area contributed by atoms with Crippen molar-refractivity contribution >= 4 is 37.2 Å². The van der Waals surface area contributed by atoms with Crippen molar-refractivity contribution in [2.24, 2.45) is 21.6 Å². The lowest BCUT2D eigenvalue weighted by Gasteiger charge is -2.30. The molecule has 0 aromatic carbocycles. The molecule has 0 aromatic heterocycles. The molecule has 0 bridgehead atoms. The maximum Gasteiger partial charge on any atom is 0.131 e. The van der Waals surface area contributed by atoms with Crippen LogP contribution in [0.25, 0.3) is 0 Å². The lowest BCUT2D eigenvalue weighted by Crippen LogP contribution is -2.42. The van der Waals surface area contributed by atoms with Gasteiger partial charge in [-0.2, -0.15) is 0 Å². The zero-order chi connectivity index (χ0) is 15.9. The first-order valence-electron chi connectivity index (χ1n) is 7.36. The number of hydrogen-bond acceptors (Lipinski definition) is 4. The van der Waals surface area contributed by atoms with Crippen LogP contribution in [0.15, 0.2) is 43.4 Å². The lowest BCUT2D eigenvalue weighted by molar-refractivity contribution is 0.547. The van der Waals surface area contributed by atoms with Crippen LogP contribution >= 0.6 is 20.7 Å². The number of nitrogens with one attached hydrogen (secondary N) is 1. The van der Waals surface area contributed by atoms with Crippen LogP contribution in [-0.4, -0.2) is 35.6 Å². The average Bonchev–Trinajstić information content (AvgIpc) is 2.55. The van der Waals surface area contributed by atoms with E-state index in [4.69, 9.17) is 10.7 Å². The van der Waals surface area contributed by atoms with Gasteiger partial charge in [-0.25, -0.2) is 4.39 Å². The van der Waals surface area contributed by atoms with Crippen molar-refractivity contribution < 1.29 is 4.39 Å². The largest absolute Gasteiger partial charge is 0.380 e. The topological polar surface area (TPSA) is 62.8 Å². The zero-order valence-electron chi connectivity index (χ0n) is 12.7. The van der Waals surface area contributed by atoms with E-state index in [0.29, 0.717) is 19.5 Å². The molecular weight excluding hydrogens is 394 g/mol. The number of hydrogen-bond donors (Lipinski definition) is 2. The van der Waals surface area contributed by atoms with Crippen molar-refractivity contribution in [2.75, 3.05) is 13.1 Å². The number of allylic oxidation sites excluding steroid dienone is 4. The Morgan fingerprint density at radius 3 is 3.14 bits per heavy atom. The summed E-state index contributed by atoms with van der Waals surface area (Å²) in [4.78, 5) is 8.96. The minimum Gasteiger partial charge on any atom is -0.380 e. The summed E-state index contributed by atoms with van der Waals surface area (Å²) in [5.41, 5.74) is 7.66. The Kier molecular flexibility index (Phi) is 6.63. The Morgan fingerprint density at radius 2 is 2.45 bits per heavy atom. The molecular formula is C16H22FIN4. The smallest absolute Gasteiger partial charge is 0.131 e. The van der Waals surface area contributed by atoms with Crippen molar-refractivity contribution in [2.45, 2.75) is 25.8 Å². The summed E-state index contributed by atoms with van der Waals surface area (Å²) in [6.07, 6.45) is 8.58. The molecule has 22 heavy (non-hydrogen) atoms. The quantitative estimate of drug-likeness (QED) is 0.517. The van der Waals surface area contributed by atoms with Gasteiger partial charge in [0.15, 0.2) is 0 Å². The summed E-state index contributed by atoms with van der Waals surface area (Å²) in [5, 5.41) is 3.31. The third-order valence-corrected chi connectivity index (χ3v) is 5.87. The Bertz CT molecular complexity index is 575. The molecule has 0 fully saturated rings. The first-order valence-corrected chi connectivity index (χ1v) is 9.96. The zero-order valence-corrected chi connectivity index (χ0v) is 14.9. The van der Waals surface area contributed by atoms with Crippen molar-refractivity contribution in [3.63, 3.8) is 0 Å². The Hall–Kier alpha value is -1.15. The van der Waals surface area contributed by atoms with Crippen LogP contribution < -0.4 is 11.1 Å². The SMILES string of the molecule is C=I/C(CC)=C(F)/C=C\C[C@@H]1C=NC=C2NCC(CN)=N[C@@H]21. The van der Waals surface area contributed by atoms with Gasteiger partial charge in [-0.15, -0.1) is 0 Å². The van der Waals surface area contributed by atoms with Crippen molar-refractivity contribution in [1.82, 2.24) is 5.32 Å². The number of rotatable bonds is 6. The molecule has 2 rings (SSSR count). The Balaban J connectivity index is 2.07. The van der Waals surface area contributed by atoms with E-state index in [1.54, 1.807) is 6.08 Å². The van der Waals surface area contributed by atoms with E-state index >= 15 is 0 Å². The third-order valence-electron chi connectivity index (χ3n) is 3.67. The molecule has 0 saturated heterocycles. The first kappa shape index (κ1) is 17.2. The van der Waals surface area contributed by atoms with Gasteiger partial charge in [0.05, 0.1) is 18.3 Å². The summed E-state index contributed by atoms with van der Waals surface area (Å²) in [7, 11) is 0. The molecule has 3 N–H and O–H groups in total. The highest BCUT2D eigenvalue weighted by molar-refractivity contribution is 14.2. The van der Waals surface area contributed by atoms with Crippen molar-refractivity contribution in [3.8, 4) is 0 Å². The van der Waals surface area contributed by atoms with E-state index in [2.05, 4.69) is 14.8 Å². The van der Waals surface area contributed by atoms with Crippen LogP contribution in [0.1, 0.15) is 19.8 Å². The van der Waals surface area contributed by atoms with Crippen LogP contribution in [-0.2, 0) is 0 Å². The molecule has 4 nitrogen and oxygen atoms in total. The van der Waals surface area contributed by atoms with Gasteiger partial charge < -0.3 is 11.1 Å². The number of fused-ring (bicyclic) bond motifs is 1. The molecule has 0 aliphatic carbocycles.